The molecule has 4 nitrogen and oxygen atoms in total. The van der Waals surface area contributed by atoms with Crippen LogP contribution in [0.2, 0.25) is 0 Å². The number of nitrogens with one attached hydrogen (secondary N) is 2. The first-order valence-corrected chi connectivity index (χ1v) is 8.05. The van der Waals surface area contributed by atoms with Gasteiger partial charge in [-0.15, -0.1) is 0 Å². The van der Waals surface area contributed by atoms with Gasteiger partial charge in [0.2, 0.25) is 0 Å². The zero-order valence-corrected chi connectivity index (χ0v) is 13.6. The number of hydroxylamine groups is 1. The predicted molar refractivity (Wildman–Crippen MR) is 92.6 cm³/mol. The van der Waals surface area contributed by atoms with Crippen LogP contribution in [0.25, 0.3) is 0 Å². The minimum atomic E-state index is -0.525. The SMILES string of the molecule is CCC(CC)Nc1ccc(C(C(=O)NO)c2ccccc2)cc1. The van der Waals surface area contributed by atoms with Crippen LogP contribution in [-0.4, -0.2) is 17.2 Å². The summed E-state index contributed by atoms with van der Waals surface area (Å²) in [4.78, 5) is 12.1. The summed E-state index contributed by atoms with van der Waals surface area (Å²) in [5.41, 5.74) is 4.51. The number of benzene rings is 2. The zero-order valence-electron chi connectivity index (χ0n) is 13.6. The molecule has 4 heteroatoms. The molecule has 0 saturated heterocycles. The van der Waals surface area contributed by atoms with Crippen LogP contribution in [0.3, 0.4) is 0 Å². The number of anilines is 1. The van der Waals surface area contributed by atoms with Gasteiger partial charge in [0, 0.05) is 11.7 Å². The highest BCUT2D eigenvalue weighted by molar-refractivity contribution is 5.86. The molecule has 2 rings (SSSR count). The summed E-state index contributed by atoms with van der Waals surface area (Å²) >= 11 is 0. The predicted octanol–water partition coefficient (Wildman–Crippen LogP) is 3.92. The number of amides is 1. The summed E-state index contributed by atoms with van der Waals surface area (Å²) in [5.74, 6) is -0.958. The van der Waals surface area contributed by atoms with Gasteiger partial charge in [0.05, 0.1) is 5.92 Å². The van der Waals surface area contributed by atoms with E-state index in [0.29, 0.717) is 6.04 Å². The Kier molecular flexibility index (Phi) is 6.18. The van der Waals surface area contributed by atoms with Gasteiger partial charge < -0.3 is 5.32 Å². The lowest BCUT2D eigenvalue weighted by Gasteiger charge is -2.19. The Hall–Kier alpha value is -2.33. The van der Waals surface area contributed by atoms with Gasteiger partial charge in [-0.05, 0) is 36.1 Å². The molecular formula is C19H24N2O2. The van der Waals surface area contributed by atoms with E-state index in [9.17, 15) is 4.79 Å². The molecule has 0 fully saturated rings. The molecule has 2 aromatic rings. The Bertz CT molecular complexity index is 607. The van der Waals surface area contributed by atoms with Crippen LogP contribution in [-0.2, 0) is 4.79 Å². The fraction of sp³-hybridized carbons (Fsp3) is 0.316. The molecular weight excluding hydrogens is 288 g/mol. The molecule has 1 unspecified atom stereocenters. The van der Waals surface area contributed by atoms with E-state index in [4.69, 9.17) is 5.21 Å². The molecule has 0 aliphatic rings. The van der Waals surface area contributed by atoms with Crippen molar-refractivity contribution in [1.82, 2.24) is 5.48 Å². The third-order valence-corrected chi connectivity index (χ3v) is 4.11. The first-order chi connectivity index (χ1) is 11.2. The molecule has 0 radical (unpaired) electrons. The van der Waals surface area contributed by atoms with Crippen LogP contribution in [0.15, 0.2) is 54.6 Å². The molecule has 0 aliphatic heterocycles. The summed E-state index contributed by atoms with van der Waals surface area (Å²) < 4.78 is 0. The minimum absolute atomic E-state index is 0.433. The van der Waals surface area contributed by atoms with E-state index in [2.05, 4.69) is 19.2 Å². The Balaban J connectivity index is 2.25. The lowest BCUT2D eigenvalue weighted by atomic mass is 9.90. The van der Waals surface area contributed by atoms with Gasteiger partial charge in [-0.25, -0.2) is 5.48 Å². The summed E-state index contributed by atoms with van der Waals surface area (Å²) in [5, 5.41) is 12.5. The first kappa shape index (κ1) is 17.0. The van der Waals surface area contributed by atoms with Gasteiger partial charge in [0.1, 0.15) is 0 Å². The van der Waals surface area contributed by atoms with Crippen molar-refractivity contribution in [1.29, 1.82) is 0 Å². The molecule has 0 aromatic heterocycles. The van der Waals surface area contributed by atoms with E-state index >= 15 is 0 Å². The van der Waals surface area contributed by atoms with Crippen LogP contribution in [0.1, 0.15) is 43.7 Å². The highest BCUT2D eigenvalue weighted by atomic mass is 16.5. The monoisotopic (exact) mass is 312 g/mol. The number of rotatable bonds is 7. The third kappa shape index (κ3) is 4.33. The standard InChI is InChI=1S/C19H24N2O2/c1-3-16(4-2)20-17-12-10-15(11-13-17)18(19(22)21-23)14-8-6-5-7-9-14/h5-13,16,18,20,23H,3-4H2,1-2H3,(H,21,22). The average molecular weight is 312 g/mol. The van der Waals surface area contributed by atoms with E-state index in [1.807, 2.05) is 54.6 Å². The van der Waals surface area contributed by atoms with Crippen molar-refractivity contribution in [3.05, 3.63) is 65.7 Å². The third-order valence-electron chi connectivity index (χ3n) is 4.11. The molecule has 0 aliphatic carbocycles. The van der Waals surface area contributed by atoms with E-state index in [0.717, 1.165) is 29.7 Å². The van der Waals surface area contributed by atoms with Crippen LogP contribution < -0.4 is 10.8 Å². The van der Waals surface area contributed by atoms with Crippen molar-refractivity contribution >= 4 is 11.6 Å². The smallest absolute Gasteiger partial charge is 0.255 e. The van der Waals surface area contributed by atoms with Crippen molar-refractivity contribution in [2.75, 3.05) is 5.32 Å². The van der Waals surface area contributed by atoms with Crippen molar-refractivity contribution in [3.8, 4) is 0 Å². The summed E-state index contributed by atoms with van der Waals surface area (Å²) in [6, 6.07) is 17.7. The van der Waals surface area contributed by atoms with Crippen LogP contribution in [0, 0.1) is 0 Å². The van der Waals surface area contributed by atoms with Crippen molar-refractivity contribution in [2.45, 2.75) is 38.6 Å². The molecule has 122 valence electrons. The van der Waals surface area contributed by atoms with Crippen molar-refractivity contribution < 1.29 is 10.0 Å². The van der Waals surface area contributed by atoms with Gasteiger partial charge in [0.15, 0.2) is 0 Å². The normalized spacial score (nSPS) is 12.0. The topological polar surface area (TPSA) is 61.4 Å². The van der Waals surface area contributed by atoms with Gasteiger partial charge in [0.25, 0.3) is 5.91 Å². The fourth-order valence-electron chi connectivity index (χ4n) is 2.71. The number of hydrogen-bond acceptors (Lipinski definition) is 3. The molecule has 23 heavy (non-hydrogen) atoms. The molecule has 2 aromatic carbocycles. The van der Waals surface area contributed by atoms with Gasteiger partial charge >= 0.3 is 0 Å². The quantitative estimate of drug-likeness (QED) is 0.536. The van der Waals surface area contributed by atoms with Crippen molar-refractivity contribution in [3.63, 3.8) is 0 Å². The molecule has 1 amide bonds. The molecule has 1 atom stereocenters. The zero-order chi connectivity index (χ0) is 16.7. The Morgan fingerprint density at radius 1 is 0.957 bits per heavy atom. The number of hydrogen-bond donors (Lipinski definition) is 3. The van der Waals surface area contributed by atoms with Gasteiger partial charge in [-0.3, -0.25) is 10.0 Å². The van der Waals surface area contributed by atoms with E-state index < -0.39 is 11.8 Å². The Labute approximate surface area is 137 Å². The molecule has 0 heterocycles. The molecule has 3 N–H and O–H groups in total. The second-order valence-corrected chi connectivity index (χ2v) is 5.60. The highest BCUT2D eigenvalue weighted by Gasteiger charge is 2.22. The van der Waals surface area contributed by atoms with Crippen LogP contribution in [0.4, 0.5) is 5.69 Å². The van der Waals surface area contributed by atoms with Gasteiger partial charge in [-0.2, -0.15) is 0 Å². The number of carbonyl (C=O) groups is 1. The van der Waals surface area contributed by atoms with Crippen LogP contribution >= 0.6 is 0 Å². The average Bonchev–Trinajstić information content (AvgIpc) is 2.61. The maximum atomic E-state index is 12.1. The summed E-state index contributed by atoms with van der Waals surface area (Å²) in [7, 11) is 0. The second kappa shape index (κ2) is 8.34. The largest absolute Gasteiger partial charge is 0.382 e. The second-order valence-electron chi connectivity index (χ2n) is 5.60. The lowest BCUT2D eigenvalue weighted by molar-refractivity contribution is -0.129. The Morgan fingerprint density at radius 2 is 1.52 bits per heavy atom. The first-order valence-electron chi connectivity index (χ1n) is 8.05. The summed E-state index contributed by atoms with van der Waals surface area (Å²) in [6.45, 7) is 4.32. The highest BCUT2D eigenvalue weighted by Crippen LogP contribution is 2.26. The lowest BCUT2D eigenvalue weighted by Crippen LogP contribution is -2.27. The molecule has 0 bridgehead atoms. The van der Waals surface area contributed by atoms with Crippen molar-refractivity contribution in [2.24, 2.45) is 0 Å². The number of carbonyl (C=O) groups excluding carboxylic acids is 1. The van der Waals surface area contributed by atoms with Gasteiger partial charge in [-0.1, -0.05) is 56.3 Å². The minimum Gasteiger partial charge on any atom is -0.382 e. The van der Waals surface area contributed by atoms with Crippen LogP contribution in [0.5, 0.6) is 0 Å². The van der Waals surface area contributed by atoms with E-state index in [1.165, 1.54) is 0 Å². The molecule has 0 spiro atoms. The van der Waals surface area contributed by atoms with E-state index in [1.54, 1.807) is 5.48 Å². The maximum absolute atomic E-state index is 12.1. The molecule has 0 saturated carbocycles. The van der Waals surface area contributed by atoms with E-state index in [-0.39, 0.29) is 0 Å². The maximum Gasteiger partial charge on any atom is 0.255 e. The fourth-order valence-corrected chi connectivity index (χ4v) is 2.71. The Morgan fingerprint density at radius 3 is 2.04 bits per heavy atom. The summed E-state index contributed by atoms with van der Waals surface area (Å²) in [6.07, 6.45) is 2.13.